The van der Waals surface area contributed by atoms with Gasteiger partial charge in [0, 0.05) is 36.7 Å². The molecule has 1 saturated heterocycles. The maximum absolute atomic E-state index is 14.5. The Morgan fingerprint density at radius 1 is 1.23 bits per heavy atom. The molecular formula is C24H27FN6O4. The van der Waals surface area contributed by atoms with E-state index in [0.717, 1.165) is 12.2 Å². The van der Waals surface area contributed by atoms with Gasteiger partial charge in [-0.15, -0.1) is 0 Å². The van der Waals surface area contributed by atoms with Crippen molar-refractivity contribution < 1.29 is 23.4 Å². The van der Waals surface area contributed by atoms with Crippen LogP contribution in [0.25, 0.3) is 11.0 Å². The van der Waals surface area contributed by atoms with Crippen LogP contribution in [-0.2, 0) is 22.5 Å². The molecule has 0 aliphatic carbocycles. The Labute approximate surface area is 201 Å². The second-order valence-corrected chi connectivity index (χ2v) is 8.53. The minimum Gasteiger partial charge on any atom is -0.481 e. The Hall–Kier alpha value is -3.41. The van der Waals surface area contributed by atoms with Gasteiger partial charge >= 0.3 is 0 Å². The van der Waals surface area contributed by atoms with Crippen molar-refractivity contribution in [1.29, 1.82) is 0 Å². The van der Waals surface area contributed by atoms with Gasteiger partial charge in [0.25, 0.3) is 5.91 Å². The number of rotatable bonds is 9. The van der Waals surface area contributed by atoms with Crippen molar-refractivity contribution in [2.75, 3.05) is 45.3 Å². The van der Waals surface area contributed by atoms with Gasteiger partial charge in [0.05, 0.1) is 43.2 Å². The van der Waals surface area contributed by atoms with Crippen LogP contribution in [0, 0.1) is 11.7 Å². The minimum absolute atomic E-state index is 0.0110. The van der Waals surface area contributed by atoms with E-state index in [4.69, 9.17) is 14.2 Å². The summed E-state index contributed by atoms with van der Waals surface area (Å²) in [6.45, 7) is 3.09. The van der Waals surface area contributed by atoms with Crippen LogP contribution in [0.1, 0.15) is 11.3 Å². The molecule has 5 heterocycles. The number of nitrogens with one attached hydrogen (secondary N) is 3. The van der Waals surface area contributed by atoms with Gasteiger partial charge in [0.1, 0.15) is 5.82 Å². The molecule has 1 fully saturated rings. The molecule has 5 rings (SSSR count). The summed E-state index contributed by atoms with van der Waals surface area (Å²) in [5, 5.41) is 9.64. The third kappa shape index (κ3) is 5.31. The van der Waals surface area contributed by atoms with E-state index in [9.17, 15) is 9.18 Å². The topological polar surface area (TPSA) is 120 Å². The van der Waals surface area contributed by atoms with Gasteiger partial charge in [-0.05, 0) is 31.2 Å². The summed E-state index contributed by atoms with van der Waals surface area (Å²) >= 11 is 0. The van der Waals surface area contributed by atoms with Crippen LogP contribution in [0.15, 0.2) is 30.5 Å². The smallest absolute Gasteiger partial charge is 0.263 e. The van der Waals surface area contributed by atoms with E-state index >= 15 is 0 Å². The maximum atomic E-state index is 14.5. The molecule has 3 aromatic rings. The van der Waals surface area contributed by atoms with Crippen LogP contribution >= 0.6 is 0 Å². The Balaban J connectivity index is 1.14. The lowest BCUT2D eigenvalue weighted by Crippen LogP contribution is -2.41. The summed E-state index contributed by atoms with van der Waals surface area (Å²) in [7, 11) is 1.53. The summed E-state index contributed by atoms with van der Waals surface area (Å²) in [5.41, 5.74) is 2.48. The van der Waals surface area contributed by atoms with Crippen molar-refractivity contribution in [1.82, 2.24) is 25.6 Å². The van der Waals surface area contributed by atoms with Gasteiger partial charge in [0.2, 0.25) is 5.88 Å². The lowest BCUT2D eigenvalue weighted by molar-refractivity contribution is -0.118. The number of anilines is 1. The molecule has 2 aliphatic rings. The number of aromatic nitrogens is 3. The first-order valence-corrected chi connectivity index (χ1v) is 11.5. The normalized spacial score (nSPS) is 19.3. The molecular weight excluding hydrogens is 455 g/mol. The molecule has 0 spiro atoms. The average molecular weight is 483 g/mol. The highest BCUT2D eigenvalue weighted by molar-refractivity contribution is 5.94. The van der Waals surface area contributed by atoms with Gasteiger partial charge in [-0.2, -0.15) is 0 Å². The van der Waals surface area contributed by atoms with E-state index in [2.05, 4.69) is 30.9 Å². The number of carbonyl (C=O) groups is 1. The van der Waals surface area contributed by atoms with Crippen LogP contribution < -0.4 is 25.4 Å². The Morgan fingerprint density at radius 3 is 3.03 bits per heavy atom. The van der Waals surface area contributed by atoms with E-state index in [-0.39, 0.29) is 30.3 Å². The van der Waals surface area contributed by atoms with E-state index < -0.39 is 0 Å². The molecule has 0 saturated carbocycles. The molecule has 10 nitrogen and oxygen atoms in total. The second-order valence-electron chi connectivity index (χ2n) is 8.53. The third-order valence-corrected chi connectivity index (χ3v) is 6.17. The quantitative estimate of drug-likeness (QED) is 0.416. The Morgan fingerprint density at radius 2 is 2.14 bits per heavy atom. The van der Waals surface area contributed by atoms with E-state index in [1.54, 1.807) is 12.1 Å². The number of fused-ring (bicyclic) bond motifs is 2. The number of hydrogen-bond acceptors (Lipinski definition) is 9. The average Bonchev–Trinajstić information content (AvgIpc) is 3.32. The zero-order valence-electron chi connectivity index (χ0n) is 19.3. The van der Waals surface area contributed by atoms with Crippen molar-refractivity contribution in [3.63, 3.8) is 0 Å². The molecule has 2 unspecified atom stereocenters. The summed E-state index contributed by atoms with van der Waals surface area (Å²) in [4.78, 5) is 24.5. The standard InChI is InChI=1S/C24H27FN6O4/c1-33-22-5-3-18-23(31-22)16(17(25)10-28-18)6-7-27-19-12-34-11-14(19)8-26-9-15-2-4-20-24(29-15)30-21(32)13-35-20/h2-5,10,14,19,26-27H,6-9,11-13H2,1H3,(H,29,30,32). The molecule has 0 bridgehead atoms. The van der Waals surface area contributed by atoms with Gasteiger partial charge in [-0.3, -0.25) is 9.78 Å². The van der Waals surface area contributed by atoms with Crippen LogP contribution in [0.4, 0.5) is 10.2 Å². The largest absolute Gasteiger partial charge is 0.481 e. The first-order chi connectivity index (χ1) is 17.1. The van der Waals surface area contributed by atoms with E-state index in [0.29, 0.717) is 66.8 Å². The molecule has 35 heavy (non-hydrogen) atoms. The lowest BCUT2D eigenvalue weighted by atomic mass is 10.0. The van der Waals surface area contributed by atoms with Gasteiger partial charge in [-0.25, -0.2) is 14.4 Å². The van der Waals surface area contributed by atoms with Gasteiger partial charge in [-0.1, -0.05) is 0 Å². The van der Waals surface area contributed by atoms with E-state index in [1.807, 2.05) is 12.1 Å². The number of halogens is 1. The molecule has 3 aromatic heterocycles. The molecule has 2 atom stereocenters. The zero-order valence-corrected chi connectivity index (χ0v) is 19.3. The fourth-order valence-electron chi connectivity index (χ4n) is 4.33. The maximum Gasteiger partial charge on any atom is 0.263 e. The number of carbonyl (C=O) groups excluding carboxylic acids is 1. The summed E-state index contributed by atoms with van der Waals surface area (Å²) in [5.74, 6) is 1.13. The van der Waals surface area contributed by atoms with Crippen molar-refractivity contribution in [3.05, 3.63) is 47.5 Å². The Bertz CT molecular complexity index is 1230. The monoisotopic (exact) mass is 482 g/mol. The van der Waals surface area contributed by atoms with Crippen molar-refractivity contribution in [3.8, 4) is 11.6 Å². The third-order valence-electron chi connectivity index (χ3n) is 6.17. The number of amides is 1. The molecule has 0 radical (unpaired) electrons. The van der Waals surface area contributed by atoms with Crippen molar-refractivity contribution in [2.24, 2.45) is 5.92 Å². The highest BCUT2D eigenvalue weighted by Crippen LogP contribution is 2.25. The summed E-state index contributed by atoms with van der Waals surface area (Å²) in [6, 6.07) is 7.33. The van der Waals surface area contributed by atoms with Crippen LogP contribution in [0.2, 0.25) is 0 Å². The predicted octanol–water partition coefficient (Wildman–Crippen LogP) is 1.44. The predicted molar refractivity (Wildman–Crippen MR) is 126 cm³/mol. The van der Waals surface area contributed by atoms with Crippen molar-refractivity contribution >= 4 is 22.8 Å². The Kier molecular flexibility index (Phi) is 6.98. The highest BCUT2D eigenvalue weighted by atomic mass is 19.1. The van der Waals surface area contributed by atoms with Crippen LogP contribution in [-0.4, -0.2) is 66.9 Å². The molecule has 11 heteroatoms. The SMILES string of the molecule is COc1ccc2ncc(F)c(CCNC3COCC3CNCc3ccc4c(n3)NC(=O)CO4)c2n1. The minimum atomic E-state index is -0.375. The molecule has 0 aromatic carbocycles. The number of pyridine rings is 3. The zero-order chi connectivity index (χ0) is 24.2. The molecule has 2 aliphatic heterocycles. The second kappa shape index (κ2) is 10.5. The van der Waals surface area contributed by atoms with Gasteiger partial charge in [0.15, 0.2) is 18.2 Å². The van der Waals surface area contributed by atoms with E-state index in [1.165, 1.54) is 13.3 Å². The van der Waals surface area contributed by atoms with Crippen molar-refractivity contribution in [2.45, 2.75) is 19.0 Å². The molecule has 184 valence electrons. The molecule has 1 amide bonds. The first kappa shape index (κ1) is 23.3. The van der Waals surface area contributed by atoms with Gasteiger partial charge < -0.3 is 30.2 Å². The van der Waals surface area contributed by atoms with Crippen LogP contribution in [0.5, 0.6) is 11.6 Å². The lowest BCUT2D eigenvalue weighted by Gasteiger charge is -2.20. The number of nitrogens with zero attached hydrogens (tertiary/aromatic N) is 3. The van der Waals surface area contributed by atoms with Crippen LogP contribution in [0.3, 0.4) is 0 Å². The number of hydrogen-bond donors (Lipinski definition) is 3. The summed E-state index contributed by atoms with van der Waals surface area (Å²) < 4.78 is 30.8. The summed E-state index contributed by atoms with van der Waals surface area (Å²) in [6.07, 6.45) is 1.71. The number of methoxy groups -OCH3 is 1. The molecule has 3 N–H and O–H groups in total. The number of ether oxygens (including phenoxy) is 3. The fourth-order valence-corrected chi connectivity index (χ4v) is 4.33. The first-order valence-electron chi connectivity index (χ1n) is 11.5. The highest BCUT2D eigenvalue weighted by Gasteiger charge is 2.27. The fraction of sp³-hybridized carbons (Fsp3) is 0.417.